The van der Waals surface area contributed by atoms with Crippen LogP contribution < -0.4 is 11.1 Å². The van der Waals surface area contributed by atoms with Crippen LogP contribution in [-0.4, -0.2) is 23.3 Å². The van der Waals surface area contributed by atoms with Crippen molar-refractivity contribution in [3.05, 3.63) is 0 Å². The van der Waals surface area contributed by atoms with Crippen LogP contribution in [0.3, 0.4) is 0 Å². The second-order valence-corrected chi connectivity index (χ2v) is 5.96. The van der Waals surface area contributed by atoms with Gasteiger partial charge in [0, 0.05) is 18.8 Å². The molecule has 0 bridgehead atoms. The Morgan fingerprint density at radius 2 is 1.85 bits per heavy atom. The minimum atomic E-state index is -2.67. The average Bonchev–Trinajstić information content (AvgIpc) is 2.34. The number of nitrogens with two attached hydrogens (primary N) is 1. The van der Waals surface area contributed by atoms with Gasteiger partial charge in [0.15, 0.2) is 0 Å². The number of carbonyl (C=O) groups is 2. The predicted molar refractivity (Wildman–Crippen MR) is 72.1 cm³/mol. The maximum absolute atomic E-state index is 13.1. The van der Waals surface area contributed by atoms with Gasteiger partial charge in [0.25, 0.3) is 0 Å². The minimum absolute atomic E-state index is 0.148. The summed E-state index contributed by atoms with van der Waals surface area (Å²) in [5.74, 6) is -4.20. The lowest BCUT2D eigenvalue weighted by atomic mass is 9.81. The Kier molecular flexibility index (Phi) is 5.10. The van der Waals surface area contributed by atoms with Gasteiger partial charge < -0.3 is 11.1 Å². The summed E-state index contributed by atoms with van der Waals surface area (Å²) in [6.45, 7) is 5.40. The summed E-state index contributed by atoms with van der Waals surface area (Å²) in [5.41, 5.74) is 4.33. The lowest BCUT2D eigenvalue weighted by Gasteiger charge is -2.37. The van der Waals surface area contributed by atoms with Crippen LogP contribution in [0.4, 0.5) is 8.78 Å². The van der Waals surface area contributed by atoms with Gasteiger partial charge >= 0.3 is 0 Å². The van der Waals surface area contributed by atoms with Crippen LogP contribution in [0.1, 0.15) is 52.9 Å². The van der Waals surface area contributed by atoms with Gasteiger partial charge in [0.2, 0.25) is 17.7 Å². The number of halogens is 2. The number of nitrogens with one attached hydrogen (secondary N) is 1. The average molecular weight is 290 g/mol. The molecular formula is C14H24F2N2O2. The molecule has 1 aliphatic rings. The molecule has 0 aliphatic heterocycles. The van der Waals surface area contributed by atoms with E-state index < -0.39 is 23.3 Å². The van der Waals surface area contributed by atoms with Crippen molar-refractivity contribution >= 4 is 11.8 Å². The summed E-state index contributed by atoms with van der Waals surface area (Å²) < 4.78 is 26.2. The Bertz CT molecular complexity index is 375. The molecule has 0 unspecified atom stereocenters. The van der Waals surface area contributed by atoms with Crippen LogP contribution >= 0.6 is 0 Å². The van der Waals surface area contributed by atoms with E-state index in [-0.39, 0.29) is 37.5 Å². The molecule has 0 radical (unpaired) electrons. The number of rotatable bonds is 5. The molecule has 6 heteroatoms. The van der Waals surface area contributed by atoms with E-state index >= 15 is 0 Å². The van der Waals surface area contributed by atoms with E-state index in [1.165, 1.54) is 0 Å². The standard InChI is InChI=1S/C14H24F2N2O2/c1-4-14(9(2)3,12(17)20)18-11(19)10-5-7-13(15,16)8-6-10/h9-10H,4-8H2,1-3H3,(H2,17,20)(H,18,19)/t14-/m1/s1. The smallest absolute Gasteiger partial charge is 0.248 e. The highest BCUT2D eigenvalue weighted by Crippen LogP contribution is 2.36. The summed E-state index contributed by atoms with van der Waals surface area (Å²) in [6.07, 6.45) is 0.129. The molecule has 0 aromatic carbocycles. The molecule has 4 nitrogen and oxygen atoms in total. The molecule has 0 aromatic heterocycles. The summed E-state index contributed by atoms with van der Waals surface area (Å²) in [4.78, 5) is 23.9. The highest BCUT2D eigenvalue weighted by molar-refractivity contribution is 5.91. The molecule has 1 rings (SSSR count). The maximum atomic E-state index is 13.1. The first-order valence-electron chi connectivity index (χ1n) is 7.14. The van der Waals surface area contributed by atoms with Crippen molar-refractivity contribution in [2.45, 2.75) is 64.3 Å². The van der Waals surface area contributed by atoms with E-state index in [1.54, 1.807) is 6.92 Å². The third-order valence-corrected chi connectivity index (χ3v) is 4.42. The lowest BCUT2D eigenvalue weighted by Crippen LogP contribution is -2.61. The van der Waals surface area contributed by atoms with E-state index in [9.17, 15) is 18.4 Å². The van der Waals surface area contributed by atoms with Crippen LogP contribution in [0.15, 0.2) is 0 Å². The quantitative estimate of drug-likeness (QED) is 0.815. The monoisotopic (exact) mass is 290 g/mol. The van der Waals surface area contributed by atoms with Gasteiger partial charge in [-0.05, 0) is 25.2 Å². The van der Waals surface area contributed by atoms with Crippen LogP contribution in [0.25, 0.3) is 0 Å². The van der Waals surface area contributed by atoms with E-state index in [0.29, 0.717) is 6.42 Å². The van der Waals surface area contributed by atoms with Crippen LogP contribution in [0, 0.1) is 11.8 Å². The Morgan fingerprint density at radius 1 is 1.35 bits per heavy atom. The first-order chi connectivity index (χ1) is 9.14. The highest BCUT2D eigenvalue weighted by Gasteiger charge is 2.43. The Hall–Kier alpha value is -1.20. The summed E-state index contributed by atoms with van der Waals surface area (Å²) in [7, 11) is 0. The van der Waals surface area contributed by atoms with Gasteiger partial charge in [0.05, 0.1) is 0 Å². The van der Waals surface area contributed by atoms with E-state index in [4.69, 9.17) is 5.73 Å². The molecule has 0 heterocycles. The molecule has 20 heavy (non-hydrogen) atoms. The largest absolute Gasteiger partial charge is 0.368 e. The van der Waals surface area contributed by atoms with Crippen molar-refractivity contribution in [1.82, 2.24) is 5.32 Å². The third kappa shape index (κ3) is 3.46. The van der Waals surface area contributed by atoms with Gasteiger partial charge in [-0.2, -0.15) is 0 Å². The van der Waals surface area contributed by atoms with Gasteiger partial charge in [0.1, 0.15) is 5.54 Å². The van der Waals surface area contributed by atoms with Crippen molar-refractivity contribution in [1.29, 1.82) is 0 Å². The zero-order valence-electron chi connectivity index (χ0n) is 12.3. The topological polar surface area (TPSA) is 72.2 Å². The Labute approximate surface area is 118 Å². The summed E-state index contributed by atoms with van der Waals surface area (Å²) >= 11 is 0. The third-order valence-electron chi connectivity index (χ3n) is 4.42. The fraction of sp³-hybridized carbons (Fsp3) is 0.857. The fourth-order valence-electron chi connectivity index (χ4n) is 2.79. The number of primary amides is 1. The minimum Gasteiger partial charge on any atom is -0.368 e. The molecular weight excluding hydrogens is 266 g/mol. The van der Waals surface area contributed by atoms with Crippen LogP contribution in [0.2, 0.25) is 0 Å². The zero-order valence-corrected chi connectivity index (χ0v) is 12.3. The molecule has 3 N–H and O–H groups in total. The van der Waals surface area contributed by atoms with E-state index in [0.717, 1.165) is 0 Å². The lowest BCUT2D eigenvalue weighted by molar-refractivity contribution is -0.138. The molecule has 1 saturated carbocycles. The predicted octanol–water partition coefficient (Wildman–Crippen LogP) is 2.22. The molecule has 1 atom stereocenters. The highest BCUT2D eigenvalue weighted by atomic mass is 19.3. The molecule has 0 spiro atoms. The molecule has 0 saturated heterocycles. The van der Waals surface area contributed by atoms with Crippen molar-refractivity contribution < 1.29 is 18.4 Å². The van der Waals surface area contributed by atoms with Crippen LogP contribution in [0.5, 0.6) is 0 Å². The first-order valence-corrected chi connectivity index (χ1v) is 7.14. The zero-order chi connectivity index (χ0) is 15.6. The second-order valence-electron chi connectivity index (χ2n) is 5.96. The number of alkyl halides is 2. The van der Waals surface area contributed by atoms with E-state index in [2.05, 4.69) is 5.32 Å². The van der Waals surface area contributed by atoms with Crippen molar-refractivity contribution in [2.75, 3.05) is 0 Å². The van der Waals surface area contributed by atoms with Crippen LogP contribution in [-0.2, 0) is 9.59 Å². The van der Waals surface area contributed by atoms with Crippen molar-refractivity contribution in [3.8, 4) is 0 Å². The SMILES string of the molecule is CC[C@](NC(=O)C1CCC(F)(F)CC1)(C(N)=O)C(C)C. The number of amides is 2. The van der Waals surface area contributed by atoms with E-state index in [1.807, 2.05) is 13.8 Å². The van der Waals surface area contributed by atoms with Gasteiger partial charge in [-0.25, -0.2) is 8.78 Å². The second kappa shape index (κ2) is 6.06. The fourth-order valence-corrected chi connectivity index (χ4v) is 2.79. The van der Waals surface area contributed by atoms with Gasteiger partial charge in [-0.3, -0.25) is 9.59 Å². The molecule has 0 aromatic rings. The summed E-state index contributed by atoms with van der Waals surface area (Å²) in [5, 5.41) is 2.72. The molecule has 1 fully saturated rings. The Morgan fingerprint density at radius 3 is 2.20 bits per heavy atom. The maximum Gasteiger partial charge on any atom is 0.248 e. The number of carbonyl (C=O) groups excluding carboxylic acids is 2. The Balaban J connectivity index is 2.75. The summed E-state index contributed by atoms with van der Waals surface area (Å²) in [6, 6.07) is 0. The van der Waals surface area contributed by atoms with Crippen molar-refractivity contribution in [3.63, 3.8) is 0 Å². The number of hydrogen-bond acceptors (Lipinski definition) is 2. The molecule has 1 aliphatic carbocycles. The van der Waals surface area contributed by atoms with Gasteiger partial charge in [-0.1, -0.05) is 20.8 Å². The molecule has 2 amide bonds. The first kappa shape index (κ1) is 16.9. The van der Waals surface area contributed by atoms with Crippen molar-refractivity contribution in [2.24, 2.45) is 17.6 Å². The number of hydrogen-bond donors (Lipinski definition) is 2. The normalized spacial score (nSPS) is 22.3. The van der Waals surface area contributed by atoms with Gasteiger partial charge in [-0.15, -0.1) is 0 Å². The molecule has 116 valence electrons.